The number of hydrogen-bond acceptors (Lipinski definition) is 2. The van der Waals surface area contributed by atoms with Crippen LogP contribution in [0.25, 0.3) is 0 Å². The molecule has 0 aromatic heterocycles. The third kappa shape index (κ3) is 1.40. The van der Waals surface area contributed by atoms with Gasteiger partial charge in [-0.25, -0.2) is 0 Å². The van der Waals surface area contributed by atoms with Crippen molar-refractivity contribution >= 4 is 5.78 Å². The van der Waals surface area contributed by atoms with Gasteiger partial charge in [0.05, 0.1) is 17.6 Å². The van der Waals surface area contributed by atoms with Crippen LogP contribution >= 0.6 is 0 Å². The Morgan fingerprint density at radius 1 is 1.67 bits per heavy atom. The van der Waals surface area contributed by atoms with E-state index in [1.54, 1.807) is 0 Å². The molecule has 0 saturated heterocycles. The van der Waals surface area contributed by atoms with Gasteiger partial charge in [-0.15, -0.1) is 0 Å². The van der Waals surface area contributed by atoms with Crippen LogP contribution in [-0.2, 0) is 9.53 Å². The number of hydrogen-bond donors (Lipinski definition) is 0. The van der Waals surface area contributed by atoms with Crippen LogP contribution < -0.4 is 0 Å². The number of carbonyl (C=O) groups excluding carboxylic acids is 1. The van der Waals surface area contributed by atoms with E-state index in [1.807, 2.05) is 27.7 Å². The molecule has 2 nitrogen and oxygen atoms in total. The number of ether oxygens (including phenoxy) is 1. The van der Waals surface area contributed by atoms with Crippen molar-refractivity contribution < 1.29 is 9.53 Å². The van der Waals surface area contributed by atoms with Crippen molar-refractivity contribution in [2.45, 2.75) is 52.7 Å². The minimum atomic E-state index is -0.190. The Morgan fingerprint density at radius 3 is 2.58 bits per heavy atom. The molecule has 1 rings (SSSR count). The first kappa shape index (κ1) is 9.72. The quantitative estimate of drug-likeness (QED) is 0.649. The van der Waals surface area contributed by atoms with Crippen LogP contribution in [0.4, 0.5) is 0 Å². The van der Waals surface area contributed by atoms with Crippen molar-refractivity contribution in [3.63, 3.8) is 0 Å². The first-order chi connectivity index (χ1) is 5.50. The van der Waals surface area contributed by atoms with Gasteiger partial charge in [-0.1, -0.05) is 13.8 Å². The third-order valence-electron chi connectivity index (χ3n) is 2.89. The fourth-order valence-electron chi connectivity index (χ4n) is 1.63. The van der Waals surface area contributed by atoms with E-state index in [9.17, 15) is 4.79 Å². The maximum Gasteiger partial charge on any atom is 0.143 e. The molecule has 0 amide bonds. The molecule has 1 aliphatic rings. The van der Waals surface area contributed by atoms with Gasteiger partial charge >= 0.3 is 0 Å². The molecule has 0 N–H and O–H groups in total. The Balaban J connectivity index is 2.54. The summed E-state index contributed by atoms with van der Waals surface area (Å²) < 4.78 is 5.64. The molecule has 12 heavy (non-hydrogen) atoms. The van der Waals surface area contributed by atoms with Crippen LogP contribution in [-0.4, -0.2) is 18.0 Å². The SMILES string of the molecule is CCC1(C)C(=O)CC1OC(C)C. The first-order valence-electron chi connectivity index (χ1n) is 4.69. The zero-order chi connectivity index (χ0) is 9.35. The summed E-state index contributed by atoms with van der Waals surface area (Å²) in [6, 6.07) is 0. The van der Waals surface area contributed by atoms with Gasteiger partial charge in [-0.05, 0) is 20.3 Å². The highest BCUT2D eigenvalue weighted by Gasteiger charge is 2.50. The van der Waals surface area contributed by atoms with E-state index in [0.29, 0.717) is 12.2 Å². The Hall–Kier alpha value is -0.370. The highest BCUT2D eigenvalue weighted by molar-refractivity contribution is 5.91. The molecule has 1 fully saturated rings. The highest BCUT2D eigenvalue weighted by atomic mass is 16.5. The van der Waals surface area contributed by atoms with Gasteiger partial charge in [0.2, 0.25) is 0 Å². The number of carbonyl (C=O) groups is 1. The number of rotatable bonds is 3. The second-order valence-corrected chi connectivity index (χ2v) is 4.07. The lowest BCUT2D eigenvalue weighted by atomic mass is 9.64. The van der Waals surface area contributed by atoms with Crippen LogP contribution in [0.5, 0.6) is 0 Å². The molecular weight excluding hydrogens is 152 g/mol. The average Bonchev–Trinajstić information content (AvgIpc) is 2.02. The molecule has 2 heteroatoms. The Kier molecular flexibility index (Phi) is 2.57. The summed E-state index contributed by atoms with van der Waals surface area (Å²) in [7, 11) is 0. The molecule has 0 aromatic carbocycles. The molecule has 70 valence electrons. The van der Waals surface area contributed by atoms with E-state index in [-0.39, 0.29) is 17.6 Å². The van der Waals surface area contributed by atoms with Crippen LogP contribution in [0, 0.1) is 5.41 Å². The zero-order valence-electron chi connectivity index (χ0n) is 8.39. The van der Waals surface area contributed by atoms with Gasteiger partial charge < -0.3 is 4.74 Å². The summed E-state index contributed by atoms with van der Waals surface area (Å²) in [5.41, 5.74) is -0.190. The van der Waals surface area contributed by atoms with E-state index in [4.69, 9.17) is 4.74 Å². The summed E-state index contributed by atoms with van der Waals surface area (Å²) in [5, 5.41) is 0. The van der Waals surface area contributed by atoms with E-state index in [1.165, 1.54) is 0 Å². The molecule has 2 atom stereocenters. The standard InChI is InChI=1S/C10H18O2/c1-5-10(4)8(11)6-9(10)12-7(2)3/h7,9H,5-6H2,1-4H3. The topological polar surface area (TPSA) is 26.3 Å². The molecule has 0 bridgehead atoms. The van der Waals surface area contributed by atoms with E-state index >= 15 is 0 Å². The van der Waals surface area contributed by atoms with Crippen molar-refractivity contribution in [3.8, 4) is 0 Å². The second-order valence-electron chi connectivity index (χ2n) is 4.07. The predicted octanol–water partition coefficient (Wildman–Crippen LogP) is 2.17. The zero-order valence-corrected chi connectivity index (χ0v) is 8.39. The third-order valence-corrected chi connectivity index (χ3v) is 2.89. The van der Waals surface area contributed by atoms with Crippen LogP contribution in [0.1, 0.15) is 40.5 Å². The Bertz CT molecular complexity index is 186. The Morgan fingerprint density at radius 2 is 2.25 bits per heavy atom. The van der Waals surface area contributed by atoms with Gasteiger partial charge in [0.25, 0.3) is 0 Å². The van der Waals surface area contributed by atoms with Crippen LogP contribution in [0.3, 0.4) is 0 Å². The first-order valence-corrected chi connectivity index (χ1v) is 4.69. The van der Waals surface area contributed by atoms with Crippen LogP contribution in [0.15, 0.2) is 0 Å². The molecule has 1 aliphatic carbocycles. The molecule has 0 radical (unpaired) electrons. The molecular formula is C10H18O2. The molecule has 0 aliphatic heterocycles. The van der Waals surface area contributed by atoms with Crippen molar-refractivity contribution in [1.82, 2.24) is 0 Å². The monoisotopic (exact) mass is 170 g/mol. The number of Topliss-reactive ketones (excluding diaryl/α,β-unsaturated/α-hetero) is 1. The smallest absolute Gasteiger partial charge is 0.143 e. The van der Waals surface area contributed by atoms with Gasteiger partial charge in [0, 0.05) is 6.42 Å². The largest absolute Gasteiger partial charge is 0.374 e. The Labute approximate surface area is 74.3 Å². The maximum atomic E-state index is 11.3. The van der Waals surface area contributed by atoms with Gasteiger partial charge in [-0.3, -0.25) is 4.79 Å². The lowest BCUT2D eigenvalue weighted by Crippen LogP contribution is -2.53. The fraction of sp³-hybridized carbons (Fsp3) is 0.900. The van der Waals surface area contributed by atoms with Gasteiger partial charge in [0.1, 0.15) is 5.78 Å². The van der Waals surface area contributed by atoms with Gasteiger partial charge in [0.15, 0.2) is 0 Å². The maximum absolute atomic E-state index is 11.3. The van der Waals surface area contributed by atoms with E-state index in [2.05, 4.69) is 0 Å². The summed E-state index contributed by atoms with van der Waals surface area (Å²) in [6.07, 6.45) is 1.90. The lowest BCUT2D eigenvalue weighted by molar-refractivity contribution is -0.166. The van der Waals surface area contributed by atoms with Crippen molar-refractivity contribution in [2.24, 2.45) is 5.41 Å². The minimum Gasteiger partial charge on any atom is -0.374 e. The van der Waals surface area contributed by atoms with Crippen molar-refractivity contribution in [2.75, 3.05) is 0 Å². The average molecular weight is 170 g/mol. The molecule has 2 unspecified atom stereocenters. The summed E-state index contributed by atoms with van der Waals surface area (Å²) >= 11 is 0. The minimum absolute atomic E-state index is 0.162. The summed E-state index contributed by atoms with van der Waals surface area (Å²) in [5.74, 6) is 0.357. The summed E-state index contributed by atoms with van der Waals surface area (Å²) in [4.78, 5) is 11.3. The highest BCUT2D eigenvalue weighted by Crippen LogP contribution is 2.42. The normalized spacial score (nSPS) is 35.4. The van der Waals surface area contributed by atoms with Crippen molar-refractivity contribution in [1.29, 1.82) is 0 Å². The van der Waals surface area contributed by atoms with Crippen molar-refractivity contribution in [3.05, 3.63) is 0 Å². The predicted molar refractivity (Wildman–Crippen MR) is 48.0 cm³/mol. The van der Waals surface area contributed by atoms with E-state index < -0.39 is 0 Å². The molecule has 0 heterocycles. The molecule has 0 aromatic rings. The molecule has 0 spiro atoms. The lowest BCUT2D eigenvalue weighted by Gasteiger charge is -2.45. The number of ketones is 1. The van der Waals surface area contributed by atoms with Gasteiger partial charge in [-0.2, -0.15) is 0 Å². The van der Waals surface area contributed by atoms with Crippen LogP contribution in [0.2, 0.25) is 0 Å². The summed E-state index contributed by atoms with van der Waals surface area (Å²) in [6.45, 7) is 8.08. The van der Waals surface area contributed by atoms with E-state index in [0.717, 1.165) is 6.42 Å². The second kappa shape index (κ2) is 3.17. The fourth-order valence-corrected chi connectivity index (χ4v) is 1.63. The molecule has 1 saturated carbocycles.